The van der Waals surface area contributed by atoms with E-state index < -0.39 is 0 Å². The van der Waals surface area contributed by atoms with E-state index in [0.717, 1.165) is 11.8 Å². The van der Waals surface area contributed by atoms with E-state index >= 15 is 0 Å². The van der Waals surface area contributed by atoms with Gasteiger partial charge < -0.3 is 0 Å². The second-order valence-corrected chi connectivity index (χ2v) is 4.63. The summed E-state index contributed by atoms with van der Waals surface area (Å²) in [5, 5.41) is 0. The van der Waals surface area contributed by atoms with E-state index in [1.165, 1.54) is 0 Å². The van der Waals surface area contributed by atoms with Crippen LogP contribution in [0.15, 0.2) is 11.1 Å². The first-order valence-electron chi connectivity index (χ1n) is 4.56. The highest BCUT2D eigenvalue weighted by molar-refractivity contribution is 5.26. The molecule has 2 atom stereocenters. The summed E-state index contributed by atoms with van der Waals surface area (Å²) in [6.07, 6.45) is 0. The van der Waals surface area contributed by atoms with Crippen molar-refractivity contribution >= 4 is 0 Å². The Labute approximate surface area is 70.7 Å². The van der Waals surface area contributed by atoms with Crippen molar-refractivity contribution in [1.82, 2.24) is 0 Å². The third-order valence-electron chi connectivity index (χ3n) is 4.15. The maximum Gasteiger partial charge on any atom is -0.0175 e. The van der Waals surface area contributed by atoms with Crippen molar-refractivity contribution < 1.29 is 0 Å². The van der Waals surface area contributed by atoms with E-state index in [4.69, 9.17) is 0 Å². The van der Waals surface area contributed by atoms with Gasteiger partial charge in [-0.15, -0.1) is 0 Å². The molecule has 0 heterocycles. The van der Waals surface area contributed by atoms with Gasteiger partial charge in [0.2, 0.25) is 0 Å². The summed E-state index contributed by atoms with van der Waals surface area (Å²) in [6.45, 7) is 14.0. The monoisotopic (exact) mass is 152 g/mol. The van der Waals surface area contributed by atoms with Crippen molar-refractivity contribution in [1.29, 1.82) is 0 Å². The molecule has 0 amide bonds. The van der Waals surface area contributed by atoms with Crippen LogP contribution < -0.4 is 0 Å². The molecule has 64 valence electrons. The van der Waals surface area contributed by atoms with Crippen molar-refractivity contribution in [2.45, 2.75) is 41.5 Å². The summed E-state index contributed by atoms with van der Waals surface area (Å²) in [4.78, 5) is 0. The molecular weight excluding hydrogens is 132 g/mol. The molecule has 0 spiro atoms. The van der Waals surface area contributed by atoms with Crippen molar-refractivity contribution in [3.05, 3.63) is 11.1 Å². The van der Waals surface area contributed by atoms with E-state index in [1.54, 1.807) is 11.1 Å². The van der Waals surface area contributed by atoms with E-state index in [1.807, 2.05) is 0 Å². The molecule has 0 aromatic heterocycles. The predicted octanol–water partition coefficient (Wildman–Crippen LogP) is 3.63. The Morgan fingerprint density at radius 2 is 1.18 bits per heavy atom. The molecule has 1 rings (SSSR count). The van der Waals surface area contributed by atoms with Gasteiger partial charge >= 0.3 is 0 Å². The van der Waals surface area contributed by atoms with Gasteiger partial charge in [0.05, 0.1) is 0 Å². The number of allylic oxidation sites excluding steroid dienone is 2. The Kier molecular flexibility index (Phi) is 1.90. The highest BCUT2D eigenvalue weighted by Crippen LogP contribution is 2.49. The SMILES string of the molecule is CC1=C(C)C(C)C(C)(C)C1C. The molecular formula is C11H20. The summed E-state index contributed by atoms with van der Waals surface area (Å²) in [5.74, 6) is 1.52. The minimum absolute atomic E-state index is 0.480. The van der Waals surface area contributed by atoms with Crippen LogP contribution in [0.1, 0.15) is 41.5 Å². The molecule has 0 radical (unpaired) electrons. The van der Waals surface area contributed by atoms with Crippen LogP contribution in [-0.2, 0) is 0 Å². The zero-order valence-electron chi connectivity index (χ0n) is 8.65. The highest BCUT2D eigenvalue weighted by Gasteiger charge is 2.40. The lowest BCUT2D eigenvalue weighted by Crippen LogP contribution is -2.23. The summed E-state index contributed by atoms with van der Waals surface area (Å²) in [6, 6.07) is 0. The van der Waals surface area contributed by atoms with Gasteiger partial charge in [-0.05, 0) is 31.1 Å². The average Bonchev–Trinajstić information content (AvgIpc) is 2.06. The molecule has 0 aromatic carbocycles. The van der Waals surface area contributed by atoms with Crippen molar-refractivity contribution in [2.24, 2.45) is 17.3 Å². The first-order valence-corrected chi connectivity index (χ1v) is 4.56. The second-order valence-electron chi connectivity index (χ2n) is 4.63. The van der Waals surface area contributed by atoms with Crippen molar-refractivity contribution in [3.8, 4) is 0 Å². The Morgan fingerprint density at radius 3 is 1.27 bits per heavy atom. The molecule has 0 heteroatoms. The molecule has 0 fully saturated rings. The fraction of sp³-hybridized carbons (Fsp3) is 0.818. The molecule has 0 nitrogen and oxygen atoms in total. The minimum atomic E-state index is 0.480. The van der Waals surface area contributed by atoms with E-state index in [9.17, 15) is 0 Å². The standard InChI is InChI=1S/C11H20/c1-7-8(2)10(4)11(5,6)9(7)3/h9-10H,1-6H3. The molecule has 0 aromatic rings. The molecule has 0 saturated carbocycles. The fourth-order valence-electron chi connectivity index (χ4n) is 2.17. The minimum Gasteiger partial charge on any atom is -0.0707 e. The van der Waals surface area contributed by atoms with Gasteiger partial charge in [-0.25, -0.2) is 0 Å². The predicted molar refractivity (Wildman–Crippen MR) is 50.5 cm³/mol. The van der Waals surface area contributed by atoms with E-state index in [0.29, 0.717) is 5.41 Å². The van der Waals surface area contributed by atoms with Crippen LogP contribution in [-0.4, -0.2) is 0 Å². The Balaban J connectivity index is 3.02. The van der Waals surface area contributed by atoms with Crippen molar-refractivity contribution in [3.63, 3.8) is 0 Å². The van der Waals surface area contributed by atoms with Gasteiger partial charge in [0.25, 0.3) is 0 Å². The van der Waals surface area contributed by atoms with Crippen LogP contribution >= 0.6 is 0 Å². The van der Waals surface area contributed by atoms with Crippen LogP contribution in [0.2, 0.25) is 0 Å². The lowest BCUT2D eigenvalue weighted by atomic mass is 9.74. The van der Waals surface area contributed by atoms with Crippen LogP contribution in [0, 0.1) is 17.3 Å². The zero-order chi connectivity index (χ0) is 8.81. The first kappa shape index (κ1) is 8.83. The molecule has 1 aliphatic carbocycles. The topological polar surface area (TPSA) is 0 Å². The van der Waals surface area contributed by atoms with Gasteiger partial charge in [-0.2, -0.15) is 0 Å². The third kappa shape index (κ3) is 1.04. The Bertz CT molecular complexity index is 176. The largest absolute Gasteiger partial charge is 0.0707 e. The summed E-state index contributed by atoms with van der Waals surface area (Å²) in [7, 11) is 0. The van der Waals surface area contributed by atoms with E-state index in [2.05, 4.69) is 41.5 Å². The molecule has 0 N–H and O–H groups in total. The van der Waals surface area contributed by atoms with Gasteiger partial charge in [-0.3, -0.25) is 0 Å². The van der Waals surface area contributed by atoms with Crippen LogP contribution in [0.4, 0.5) is 0 Å². The molecule has 0 saturated heterocycles. The zero-order valence-corrected chi connectivity index (χ0v) is 8.65. The van der Waals surface area contributed by atoms with Gasteiger partial charge in [0.1, 0.15) is 0 Å². The van der Waals surface area contributed by atoms with Crippen LogP contribution in [0.5, 0.6) is 0 Å². The first-order chi connectivity index (χ1) is 4.89. The Hall–Kier alpha value is -0.260. The Morgan fingerprint density at radius 1 is 0.909 bits per heavy atom. The van der Waals surface area contributed by atoms with Crippen molar-refractivity contribution in [2.75, 3.05) is 0 Å². The summed E-state index contributed by atoms with van der Waals surface area (Å²) < 4.78 is 0. The molecule has 2 unspecified atom stereocenters. The number of hydrogen-bond acceptors (Lipinski definition) is 0. The molecule has 0 bridgehead atoms. The number of rotatable bonds is 0. The fourth-order valence-corrected chi connectivity index (χ4v) is 2.17. The molecule has 0 aliphatic heterocycles. The third-order valence-corrected chi connectivity index (χ3v) is 4.15. The molecule has 1 aliphatic rings. The summed E-state index contributed by atoms with van der Waals surface area (Å²) >= 11 is 0. The average molecular weight is 152 g/mol. The lowest BCUT2D eigenvalue weighted by Gasteiger charge is -2.30. The van der Waals surface area contributed by atoms with E-state index in [-0.39, 0.29) is 0 Å². The second kappa shape index (κ2) is 2.36. The van der Waals surface area contributed by atoms with Gasteiger partial charge in [0.15, 0.2) is 0 Å². The highest BCUT2D eigenvalue weighted by atomic mass is 14.4. The summed E-state index contributed by atoms with van der Waals surface area (Å²) in [5.41, 5.74) is 3.71. The molecule has 11 heavy (non-hydrogen) atoms. The normalized spacial score (nSPS) is 36.5. The van der Waals surface area contributed by atoms with Crippen LogP contribution in [0.25, 0.3) is 0 Å². The van der Waals surface area contributed by atoms with Gasteiger partial charge in [0, 0.05) is 0 Å². The number of hydrogen-bond donors (Lipinski definition) is 0. The van der Waals surface area contributed by atoms with Crippen LogP contribution in [0.3, 0.4) is 0 Å². The quantitative estimate of drug-likeness (QED) is 0.465. The smallest absolute Gasteiger partial charge is 0.0175 e. The van der Waals surface area contributed by atoms with Gasteiger partial charge in [-0.1, -0.05) is 38.8 Å². The lowest BCUT2D eigenvalue weighted by molar-refractivity contribution is 0.221. The maximum atomic E-state index is 2.38. The maximum absolute atomic E-state index is 2.38.